The smallest absolute Gasteiger partial charge is 0.387 e. The van der Waals surface area contributed by atoms with Crippen LogP contribution in [0, 0.1) is 0 Å². The Balaban J connectivity index is 1.99. The monoisotopic (exact) mass is 389 g/mol. The number of ether oxygens (including phenoxy) is 1. The van der Waals surface area contributed by atoms with Crippen molar-refractivity contribution in [3.63, 3.8) is 0 Å². The van der Waals surface area contributed by atoms with E-state index in [0.717, 1.165) is 0 Å². The fourth-order valence-corrected chi connectivity index (χ4v) is 3.14. The molecule has 1 unspecified atom stereocenters. The van der Waals surface area contributed by atoms with Crippen molar-refractivity contribution in [3.05, 3.63) is 71.4 Å². The highest BCUT2D eigenvalue weighted by molar-refractivity contribution is 7.80. The standard InChI is InChI=1S/C19H17F2N3O2S/c1-11-15(17(25)23-12-7-3-2-4-8-12)16(24-19(27)22-11)13-9-5-6-10-14(13)26-18(20)21/h2-10,16,18H,1H3,(H,23,25)(H2,22,24,27). The first kappa shape index (κ1) is 18.8. The zero-order chi connectivity index (χ0) is 19.4. The maximum atomic E-state index is 12.9. The van der Waals surface area contributed by atoms with Gasteiger partial charge in [-0.15, -0.1) is 0 Å². The summed E-state index contributed by atoms with van der Waals surface area (Å²) in [6, 6.07) is 14.5. The van der Waals surface area contributed by atoms with Crippen molar-refractivity contribution >= 4 is 28.9 Å². The first-order valence-electron chi connectivity index (χ1n) is 8.14. The van der Waals surface area contributed by atoms with Gasteiger partial charge in [-0.05, 0) is 37.3 Å². The molecule has 27 heavy (non-hydrogen) atoms. The molecule has 0 spiro atoms. The van der Waals surface area contributed by atoms with Crippen LogP contribution in [0.5, 0.6) is 5.75 Å². The van der Waals surface area contributed by atoms with Gasteiger partial charge in [-0.25, -0.2) is 0 Å². The number of alkyl halides is 2. The van der Waals surface area contributed by atoms with Crippen molar-refractivity contribution < 1.29 is 18.3 Å². The van der Waals surface area contributed by atoms with E-state index in [1.54, 1.807) is 49.4 Å². The van der Waals surface area contributed by atoms with E-state index in [0.29, 0.717) is 27.6 Å². The van der Waals surface area contributed by atoms with Crippen molar-refractivity contribution in [3.8, 4) is 5.75 Å². The maximum absolute atomic E-state index is 12.9. The molecular weight excluding hydrogens is 372 g/mol. The Hall–Kier alpha value is -3.00. The lowest BCUT2D eigenvalue weighted by molar-refractivity contribution is -0.113. The lowest BCUT2D eigenvalue weighted by atomic mass is 9.94. The molecule has 2 aromatic rings. The summed E-state index contributed by atoms with van der Waals surface area (Å²) in [5.74, 6) is -0.398. The van der Waals surface area contributed by atoms with Crippen LogP contribution in [0.3, 0.4) is 0 Å². The van der Waals surface area contributed by atoms with E-state index in [9.17, 15) is 13.6 Å². The third-order valence-corrected chi connectivity index (χ3v) is 4.21. The van der Waals surface area contributed by atoms with Crippen LogP contribution >= 0.6 is 12.2 Å². The normalized spacial score (nSPS) is 16.6. The van der Waals surface area contributed by atoms with Gasteiger partial charge in [0.1, 0.15) is 5.75 Å². The predicted octanol–water partition coefficient (Wildman–Crippen LogP) is 3.72. The van der Waals surface area contributed by atoms with Crippen molar-refractivity contribution in [2.45, 2.75) is 19.6 Å². The molecule has 1 amide bonds. The molecule has 2 aromatic carbocycles. The zero-order valence-corrected chi connectivity index (χ0v) is 15.1. The number of anilines is 1. The van der Waals surface area contributed by atoms with Gasteiger partial charge >= 0.3 is 6.61 Å². The largest absolute Gasteiger partial charge is 0.434 e. The van der Waals surface area contributed by atoms with E-state index >= 15 is 0 Å². The predicted molar refractivity (Wildman–Crippen MR) is 102 cm³/mol. The number of thiocarbonyl (C=S) groups is 1. The molecule has 5 nitrogen and oxygen atoms in total. The summed E-state index contributed by atoms with van der Waals surface area (Å²) in [4.78, 5) is 12.9. The van der Waals surface area contributed by atoms with Crippen LogP contribution in [-0.4, -0.2) is 17.6 Å². The number of hydrogen-bond donors (Lipinski definition) is 3. The van der Waals surface area contributed by atoms with Crippen molar-refractivity contribution in [1.29, 1.82) is 0 Å². The molecule has 0 saturated heterocycles. The van der Waals surface area contributed by atoms with Crippen LogP contribution in [0.15, 0.2) is 65.9 Å². The molecule has 8 heteroatoms. The van der Waals surface area contributed by atoms with Crippen LogP contribution in [0.25, 0.3) is 0 Å². The third kappa shape index (κ3) is 4.40. The lowest BCUT2D eigenvalue weighted by Gasteiger charge is -2.31. The molecule has 1 atom stereocenters. The second-order valence-electron chi connectivity index (χ2n) is 5.81. The van der Waals surface area contributed by atoms with Crippen LogP contribution in [-0.2, 0) is 4.79 Å². The Kier molecular flexibility index (Phi) is 5.66. The average molecular weight is 389 g/mol. The van der Waals surface area contributed by atoms with Crippen molar-refractivity contribution in [1.82, 2.24) is 10.6 Å². The fraction of sp³-hybridized carbons (Fsp3) is 0.158. The SMILES string of the molecule is CC1=C(C(=O)Nc2ccccc2)C(c2ccccc2OC(F)F)NC(=S)N1. The fourth-order valence-electron chi connectivity index (χ4n) is 2.87. The Morgan fingerprint density at radius 1 is 1.15 bits per heavy atom. The van der Waals surface area contributed by atoms with Gasteiger partial charge in [0, 0.05) is 16.9 Å². The number of nitrogens with one attached hydrogen (secondary N) is 3. The van der Waals surface area contributed by atoms with Crippen molar-refractivity contribution in [2.24, 2.45) is 0 Å². The van der Waals surface area contributed by atoms with Gasteiger partial charge in [-0.3, -0.25) is 4.79 Å². The number of amides is 1. The summed E-state index contributed by atoms with van der Waals surface area (Å²) >= 11 is 5.18. The Morgan fingerprint density at radius 3 is 2.52 bits per heavy atom. The molecule has 0 bridgehead atoms. The van der Waals surface area contributed by atoms with E-state index in [1.807, 2.05) is 6.07 Å². The van der Waals surface area contributed by atoms with Gasteiger partial charge in [0.05, 0.1) is 11.6 Å². The molecule has 0 fully saturated rings. The summed E-state index contributed by atoms with van der Waals surface area (Å²) in [7, 11) is 0. The van der Waals surface area contributed by atoms with Crippen LogP contribution in [0.1, 0.15) is 18.5 Å². The Bertz CT molecular complexity index is 888. The highest BCUT2D eigenvalue weighted by Crippen LogP contribution is 2.34. The van der Waals surface area contributed by atoms with E-state index in [1.165, 1.54) is 6.07 Å². The molecular formula is C19H17F2N3O2S. The van der Waals surface area contributed by atoms with E-state index in [2.05, 4.69) is 20.7 Å². The average Bonchev–Trinajstić information content (AvgIpc) is 2.61. The minimum atomic E-state index is -2.98. The van der Waals surface area contributed by atoms with Gasteiger partial charge in [0.25, 0.3) is 5.91 Å². The van der Waals surface area contributed by atoms with Crippen molar-refractivity contribution in [2.75, 3.05) is 5.32 Å². The molecule has 0 saturated carbocycles. The molecule has 1 aliphatic rings. The van der Waals surface area contributed by atoms with Gasteiger partial charge in [0.2, 0.25) is 0 Å². The summed E-state index contributed by atoms with van der Waals surface area (Å²) in [5.41, 5.74) is 1.87. The molecule has 0 radical (unpaired) electrons. The Morgan fingerprint density at radius 2 is 1.81 bits per heavy atom. The second kappa shape index (κ2) is 8.13. The first-order chi connectivity index (χ1) is 13.0. The summed E-state index contributed by atoms with van der Waals surface area (Å²) < 4.78 is 30.2. The second-order valence-corrected chi connectivity index (χ2v) is 6.21. The van der Waals surface area contributed by atoms with E-state index < -0.39 is 12.7 Å². The number of carbonyl (C=O) groups excluding carboxylic acids is 1. The highest BCUT2D eigenvalue weighted by atomic mass is 32.1. The van der Waals surface area contributed by atoms with Gasteiger partial charge in [-0.1, -0.05) is 36.4 Å². The molecule has 3 N–H and O–H groups in total. The van der Waals surface area contributed by atoms with Crippen LogP contribution < -0.4 is 20.7 Å². The molecule has 0 aromatic heterocycles. The molecule has 1 aliphatic heterocycles. The molecule has 3 rings (SSSR count). The van der Waals surface area contributed by atoms with Gasteiger partial charge in [-0.2, -0.15) is 8.78 Å². The summed E-state index contributed by atoms with van der Waals surface area (Å²) in [6.07, 6.45) is 0. The number of rotatable bonds is 5. The number of halogens is 2. The van der Waals surface area contributed by atoms with E-state index in [4.69, 9.17) is 12.2 Å². The van der Waals surface area contributed by atoms with Gasteiger partial charge in [0.15, 0.2) is 5.11 Å². The number of carbonyl (C=O) groups is 1. The molecule has 1 heterocycles. The van der Waals surface area contributed by atoms with Gasteiger partial charge < -0.3 is 20.7 Å². The third-order valence-electron chi connectivity index (χ3n) is 3.99. The van der Waals surface area contributed by atoms with Crippen LogP contribution in [0.4, 0.5) is 14.5 Å². The number of allylic oxidation sites excluding steroid dienone is 1. The first-order valence-corrected chi connectivity index (χ1v) is 8.55. The highest BCUT2D eigenvalue weighted by Gasteiger charge is 2.32. The maximum Gasteiger partial charge on any atom is 0.387 e. The summed E-state index contributed by atoms with van der Waals surface area (Å²) in [5, 5.41) is 8.98. The summed E-state index contributed by atoms with van der Waals surface area (Å²) in [6.45, 7) is -1.28. The number of para-hydroxylation sites is 2. The minimum Gasteiger partial charge on any atom is -0.434 e. The number of hydrogen-bond acceptors (Lipinski definition) is 3. The number of benzene rings is 2. The molecule has 0 aliphatic carbocycles. The lowest BCUT2D eigenvalue weighted by Crippen LogP contribution is -2.45. The molecule has 140 valence electrons. The quantitative estimate of drug-likeness (QED) is 0.681. The minimum absolute atomic E-state index is 0.0208. The van der Waals surface area contributed by atoms with E-state index in [-0.39, 0.29) is 11.7 Å². The topological polar surface area (TPSA) is 62.4 Å². The van der Waals surface area contributed by atoms with Crippen LogP contribution in [0.2, 0.25) is 0 Å². The zero-order valence-electron chi connectivity index (χ0n) is 14.3. The Labute approximate surface area is 160 Å².